The van der Waals surface area contributed by atoms with Gasteiger partial charge < -0.3 is 21.7 Å². The second-order valence-corrected chi connectivity index (χ2v) is 5.29. The summed E-state index contributed by atoms with van der Waals surface area (Å²) in [6.07, 6.45) is 2.25. The number of nitrogens with zero attached hydrogens (tertiary/aromatic N) is 2. The molecule has 0 saturated carbocycles. The predicted octanol–water partition coefficient (Wildman–Crippen LogP) is 0.720. The van der Waals surface area contributed by atoms with E-state index in [4.69, 9.17) is 11.5 Å². The maximum absolute atomic E-state index is 11.3. The summed E-state index contributed by atoms with van der Waals surface area (Å²) in [4.78, 5) is 13.7. The van der Waals surface area contributed by atoms with Gasteiger partial charge in [0.15, 0.2) is 5.82 Å². The lowest BCUT2D eigenvalue weighted by Gasteiger charge is -2.32. The molecule has 5 N–H and O–H groups in total. The quantitative estimate of drug-likeness (QED) is 0.748. The van der Waals surface area contributed by atoms with E-state index in [1.165, 1.54) is 11.5 Å². The molecule has 0 bridgehead atoms. The molecule has 1 atom stereocenters. The van der Waals surface area contributed by atoms with E-state index < -0.39 is 5.91 Å². The number of nitrogens with one attached hydrogen (secondary N) is 1. The maximum Gasteiger partial charge on any atom is 0.255 e. The highest BCUT2D eigenvalue weighted by Crippen LogP contribution is 2.28. The van der Waals surface area contributed by atoms with Crippen molar-refractivity contribution in [1.29, 1.82) is 0 Å². The summed E-state index contributed by atoms with van der Waals surface area (Å²) < 4.78 is 3.99. The summed E-state index contributed by atoms with van der Waals surface area (Å²) in [6.45, 7) is 5.32. The van der Waals surface area contributed by atoms with Gasteiger partial charge in [-0.05, 0) is 37.5 Å². The number of likely N-dealkylation sites (tertiary alicyclic amines) is 1. The number of hydrogen-bond acceptors (Lipinski definition) is 6. The number of carbonyl (C=O) groups is 1. The number of carbonyl (C=O) groups excluding carboxylic acids is 1. The minimum atomic E-state index is -0.521. The Labute approximate surface area is 110 Å². The molecule has 6 nitrogen and oxygen atoms in total. The highest BCUT2D eigenvalue weighted by molar-refractivity contribution is 7.11. The van der Waals surface area contributed by atoms with Gasteiger partial charge >= 0.3 is 0 Å². The van der Waals surface area contributed by atoms with Crippen molar-refractivity contribution in [2.24, 2.45) is 5.73 Å². The zero-order chi connectivity index (χ0) is 13.1. The Morgan fingerprint density at radius 3 is 3.11 bits per heavy atom. The highest BCUT2D eigenvalue weighted by atomic mass is 32.1. The van der Waals surface area contributed by atoms with Crippen LogP contribution in [0.1, 0.15) is 30.1 Å². The minimum Gasteiger partial charge on any atom is -0.382 e. The van der Waals surface area contributed by atoms with Crippen molar-refractivity contribution in [3.63, 3.8) is 0 Å². The summed E-state index contributed by atoms with van der Waals surface area (Å²) >= 11 is 1.20. The first-order valence-corrected chi connectivity index (χ1v) is 6.93. The topological polar surface area (TPSA) is 97.3 Å². The number of aromatic nitrogens is 1. The first-order valence-electron chi connectivity index (χ1n) is 6.15. The van der Waals surface area contributed by atoms with Crippen LogP contribution in [-0.4, -0.2) is 40.9 Å². The fourth-order valence-corrected chi connectivity index (χ4v) is 3.08. The van der Waals surface area contributed by atoms with Crippen LogP contribution in [0.2, 0.25) is 0 Å². The molecular formula is C11H19N5OS. The van der Waals surface area contributed by atoms with Crippen LogP contribution >= 0.6 is 11.5 Å². The first kappa shape index (κ1) is 13.1. The second kappa shape index (κ2) is 5.53. The van der Waals surface area contributed by atoms with Crippen molar-refractivity contribution in [2.75, 3.05) is 30.7 Å². The molecule has 1 aliphatic rings. The van der Waals surface area contributed by atoms with E-state index in [1.54, 1.807) is 0 Å². The second-order valence-electron chi connectivity index (χ2n) is 4.51. The molecular weight excluding hydrogens is 250 g/mol. The van der Waals surface area contributed by atoms with Gasteiger partial charge in [-0.3, -0.25) is 4.79 Å². The van der Waals surface area contributed by atoms with Crippen molar-refractivity contribution in [3.8, 4) is 0 Å². The van der Waals surface area contributed by atoms with Gasteiger partial charge in [0.1, 0.15) is 10.6 Å². The zero-order valence-electron chi connectivity index (χ0n) is 10.5. The molecule has 7 heteroatoms. The molecule has 18 heavy (non-hydrogen) atoms. The van der Waals surface area contributed by atoms with Gasteiger partial charge in [0.05, 0.1) is 0 Å². The van der Waals surface area contributed by atoms with E-state index in [0.717, 1.165) is 32.5 Å². The van der Waals surface area contributed by atoms with Crippen molar-refractivity contribution < 1.29 is 4.79 Å². The van der Waals surface area contributed by atoms with Crippen LogP contribution in [0.4, 0.5) is 10.8 Å². The molecule has 0 radical (unpaired) electrons. The van der Waals surface area contributed by atoms with Crippen LogP contribution in [0, 0.1) is 0 Å². The highest BCUT2D eigenvalue weighted by Gasteiger charge is 2.23. The molecule has 0 aliphatic carbocycles. The van der Waals surface area contributed by atoms with E-state index >= 15 is 0 Å². The number of nitrogens with two attached hydrogens (primary N) is 2. The Balaban J connectivity index is 2.07. The number of rotatable bonds is 4. The summed E-state index contributed by atoms with van der Waals surface area (Å²) in [5.74, 6) is -0.301. The molecule has 1 saturated heterocycles. The third kappa shape index (κ3) is 2.73. The Bertz CT molecular complexity index is 433. The van der Waals surface area contributed by atoms with Gasteiger partial charge in [-0.2, -0.15) is 4.37 Å². The average molecular weight is 269 g/mol. The summed E-state index contributed by atoms with van der Waals surface area (Å²) in [5, 5.41) is 4.05. The zero-order valence-corrected chi connectivity index (χ0v) is 11.3. The van der Waals surface area contributed by atoms with E-state index in [2.05, 4.69) is 21.5 Å². The van der Waals surface area contributed by atoms with Crippen LogP contribution in [0.25, 0.3) is 0 Å². The number of primary amides is 1. The van der Waals surface area contributed by atoms with Crippen molar-refractivity contribution >= 4 is 28.3 Å². The van der Waals surface area contributed by atoms with Gasteiger partial charge in [-0.15, -0.1) is 0 Å². The fourth-order valence-electron chi connectivity index (χ4n) is 2.29. The Hall–Kier alpha value is -1.34. The Morgan fingerprint density at radius 2 is 2.44 bits per heavy atom. The van der Waals surface area contributed by atoms with Crippen LogP contribution in [0.15, 0.2) is 0 Å². The van der Waals surface area contributed by atoms with E-state index in [1.807, 2.05) is 0 Å². The summed E-state index contributed by atoms with van der Waals surface area (Å²) in [7, 11) is 0. The van der Waals surface area contributed by atoms with E-state index in [-0.39, 0.29) is 5.82 Å². The van der Waals surface area contributed by atoms with Crippen molar-refractivity contribution in [2.45, 2.75) is 25.8 Å². The molecule has 0 spiro atoms. The first-order chi connectivity index (χ1) is 8.61. The van der Waals surface area contributed by atoms with Gasteiger partial charge in [0.2, 0.25) is 0 Å². The smallest absolute Gasteiger partial charge is 0.255 e. The molecule has 1 amide bonds. The van der Waals surface area contributed by atoms with Gasteiger partial charge in [-0.25, -0.2) is 0 Å². The van der Waals surface area contributed by atoms with E-state index in [0.29, 0.717) is 16.6 Å². The monoisotopic (exact) mass is 269 g/mol. The van der Waals surface area contributed by atoms with Crippen LogP contribution < -0.4 is 16.8 Å². The normalized spacial score (nSPS) is 20.8. The van der Waals surface area contributed by atoms with Gasteiger partial charge in [0.25, 0.3) is 5.91 Å². The van der Waals surface area contributed by atoms with Gasteiger partial charge in [0, 0.05) is 12.6 Å². The largest absolute Gasteiger partial charge is 0.382 e. The van der Waals surface area contributed by atoms with Crippen molar-refractivity contribution in [1.82, 2.24) is 9.27 Å². The van der Waals surface area contributed by atoms with Gasteiger partial charge in [-0.1, -0.05) is 6.92 Å². The summed E-state index contributed by atoms with van der Waals surface area (Å²) in [5.41, 5.74) is 11.3. The molecule has 1 aliphatic heterocycles. The molecule has 100 valence electrons. The molecule has 2 heterocycles. The number of likely N-dealkylation sites (N-methyl/N-ethyl adjacent to an activating group) is 1. The maximum atomic E-state index is 11.3. The van der Waals surface area contributed by atoms with Crippen LogP contribution in [-0.2, 0) is 0 Å². The van der Waals surface area contributed by atoms with E-state index in [9.17, 15) is 4.79 Å². The Kier molecular flexibility index (Phi) is 4.03. The van der Waals surface area contributed by atoms with Crippen LogP contribution in [0.5, 0.6) is 0 Å². The lowest BCUT2D eigenvalue weighted by Crippen LogP contribution is -2.41. The lowest BCUT2D eigenvalue weighted by molar-refractivity contribution is 0.100. The number of anilines is 2. The number of hydrogen-bond donors (Lipinski definition) is 3. The molecule has 0 aromatic carbocycles. The molecule has 2 rings (SSSR count). The SMILES string of the molecule is CCN1CCCC(Nc2snc(N)c2C(N)=O)C1. The lowest BCUT2D eigenvalue weighted by atomic mass is 10.1. The fraction of sp³-hybridized carbons (Fsp3) is 0.636. The average Bonchev–Trinajstić information content (AvgIpc) is 2.70. The Morgan fingerprint density at radius 1 is 1.67 bits per heavy atom. The number of amides is 1. The minimum absolute atomic E-state index is 0.221. The number of piperidine rings is 1. The third-order valence-corrected chi connectivity index (χ3v) is 4.05. The molecule has 1 aromatic rings. The standard InChI is InChI=1S/C11H19N5OS/c1-2-16-5-3-4-7(6-16)14-11-8(10(13)17)9(12)15-18-11/h7,14H,2-6H2,1H3,(H2,12,15)(H2,13,17). The molecule has 1 fully saturated rings. The van der Waals surface area contributed by atoms with Crippen molar-refractivity contribution in [3.05, 3.63) is 5.56 Å². The molecule has 1 unspecified atom stereocenters. The molecule has 1 aromatic heterocycles. The summed E-state index contributed by atoms with van der Waals surface area (Å²) in [6, 6.07) is 0.330. The third-order valence-electron chi connectivity index (χ3n) is 3.25. The van der Waals surface area contributed by atoms with Crippen LogP contribution in [0.3, 0.4) is 0 Å². The number of nitrogen functional groups attached to an aromatic ring is 1. The predicted molar refractivity (Wildman–Crippen MR) is 73.8 cm³/mol.